The standard InChI is InChI=1S/C15H12Br3N3O2/c16-10-5-11(17)15(12(18)6-10)19-8-14(23)21-20-7-9-3-1-2-4-13(9)22/h1-7,19,22H,8H2,(H,21,23)/b20-7+. The van der Waals surface area contributed by atoms with Gasteiger partial charge in [-0.1, -0.05) is 28.1 Å². The first kappa shape index (κ1) is 18.0. The topological polar surface area (TPSA) is 73.7 Å². The minimum atomic E-state index is -0.307. The number of rotatable bonds is 5. The molecule has 0 aliphatic rings. The fourth-order valence-electron chi connectivity index (χ4n) is 1.69. The Morgan fingerprint density at radius 2 is 1.83 bits per heavy atom. The number of amides is 1. The van der Waals surface area contributed by atoms with Gasteiger partial charge in [-0.25, -0.2) is 5.43 Å². The van der Waals surface area contributed by atoms with Gasteiger partial charge in [-0.2, -0.15) is 5.10 Å². The third-order valence-corrected chi connectivity index (χ3v) is 4.47. The van der Waals surface area contributed by atoms with Crippen molar-refractivity contribution in [1.82, 2.24) is 5.43 Å². The zero-order valence-corrected chi connectivity index (χ0v) is 16.4. The lowest BCUT2D eigenvalue weighted by Crippen LogP contribution is -2.26. The summed E-state index contributed by atoms with van der Waals surface area (Å²) in [7, 11) is 0. The Labute approximate surface area is 158 Å². The highest BCUT2D eigenvalue weighted by atomic mass is 79.9. The molecule has 0 heterocycles. The zero-order valence-electron chi connectivity index (χ0n) is 11.7. The van der Waals surface area contributed by atoms with Crippen LogP contribution in [0.2, 0.25) is 0 Å². The fourth-order valence-corrected chi connectivity index (χ4v) is 4.23. The van der Waals surface area contributed by atoms with Crippen molar-refractivity contribution in [2.24, 2.45) is 5.10 Å². The van der Waals surface area contributed by atoms with E-state index in [1.165, 1.54) is 6.21 Å². The molecule has 0 unspecified atom stereocenters. The van der Waals surface area contributed by atoms with Crippen molar-refractivity contribution < 1.29 is 9.90 Å². The molecular weight excluding hydrogens is 494 g/mol. The molecule has 0 aliphatic carbocycles. The molecule has 23 heavy (non-hydrogen) atoms. The predicted molar refractivity (Wildman–Crippen MR) is 102 cm³/mol. The van der Waals surface area contributed by atoms with Crippen molar-refractivity contribution in [3.63, 3.8) is 0 Å². The van der Waals surface area contributed by atoms with E-state index in [1.54, 1.807) is 24.3 Å². The Bertz CT molecular complexity index is 727. The molecule has 0 atom stereocenters. The maximum absolute atomic E-state index is 11.8. The van der Waals surface area contributed by atoms with Crippen LogP contribution in [0.1, 0.15) is 5.56 Å². The number of anilines is 1. The van der Waals surface area contributed by atoms with Crippen molar-refractivity contribution >= 4 is 65.6 Å². The molecule has 0 fully saturated rings. The van der Waals surface area contributed by atoms with Crippen LogP contribution in [-0.4, -0.2) is 23.8 Å². The quantitative estimate of drug-likeness (QED) is 0.420. The molecule has 2 rings (SSSR count). The van der Waals surface area contributed by atoms with Crippen LogP contribution in [0.15, 0.2) is 54.9 Å². The Balaban J connectivity index is 1.90. The maximum atomic E-state index is 11.8. The summed E-state index contributed by atoms with van der Waals surface area (Å²) >= 11 is 10.2. The largest absolute Gasteiger partial charge is 0.507 e. The Hall–Kier alpha value is -1.38. The number of nitrogens with one attached hydrogen (secondary N) is 2. The number of benzene rings is 2. The number of halogens is 3. The molecule has 0 radical (unpaired) electrons. The molecule has 0 aromatic heterocycles. The molecule has 1 amide bonds. The minimum Gasteiger partial charge on any atom is -0.507 e. The third-order valence-electron chi connectivity index (χ3n) is 2.76. The first-order valence-corrected chi connectivity index (χ1v) is 8.83. The Morgan fingerprint density at radius 3 is 2.48 bits per heavy atom. The number of hydrazone groups is 1. The van der Waals surface area contributed by atoms with Crippen LogP contribution in [0.5, 0.6) is 5.75 Å². The van der Waals surface area contributed by atoms with Crippen LogP contribution in [-0.2, 0) is 4.79 Å². The van der Waals surface area contributed by atoms with E-state index in [1.807, 2.05) is 12.1 Å². The van der Waals surface area contributed by atoms with E-state index in [-0.39, 0.29) is 18.2 Å². The summed E-state index contributed by atoms with van der Waals surface area (Å²) in [6.45, 7) is 0.0525. The van der Waals surface area contributed by atoms with Gasteiger partial charge in [0, 0.05) is 19.0 Å². The van der Waals surface area contributed by atoms with Gasteiger partial charge in [0.2, 0.25) is 0 Å². The third kappa shape index (κ3) is 5.33. The lowest BCUT2D eigenvalue weighted by Gasteiger charge is -2.10. The molecule has 0 bridgehead atoms. The molecule has 0 spiro atoms. The molecule has 5 nitrogen and oxygen atoms in total. The number of carbonyl (C=O) groups is 1. The summed E-state index contributed by atoms with van der Waals surface area (Å²) in [5, 5.41) is 16.4. The summed E-state index contributed by atoms with van der Waals surface area (Å²) in [6.07, 6.45) is 1.39. The Kier molecular flexibility index (Phi) is 6.61. The van der Waals surface area contributed by atoms with Crippen molar-refractivity contribution in [3.8, 4) is 5.75 Å². The second-order valence-corrected chi connectivity index (χ2v) is 7.07. The first-order chi connectivity index (χ1) is 11.0. The lowest BCUT2D eigenvalue weighted by molar-refractivity contribution is -0.119. The number of phenols is 1. The van der Waals surface area contributed by atoms with E-state index < -0.39 is 0 Å². The maximum Gasteiger partial charge on any atom is 0.259 e. The van der Waals surface area contributed by atoms with Crippen molar-refractivity contribution in [2.75, 3.05) is 11.9 Å². The average molecular weight is 506 g/mol. The van der Waals surface area contributed by atoms with Crippen LogP contribution < -0.4 is 10.7 Å². The first-order valence-electron chi connectivity index (χ1n) is 6.45. The minimum absolute atomic E-state index is 0.0525. The molecule has 0 aliphatic heterocycles. The van der Waals surface area contributed by atoms with Gasteiger partial charge in [-0.3, -0.25) is 4.79 Å². The van der Waals surface area contributed by atoms with Gasteiger partial charge in [-0.15, -0.1) is 0 Å². The smallest absolute Gasteiger partial charge is 0.259 e. The molecule has 0 saturated heterocycles. The van der Waals surface area contributed by atoms with Gasteiger partial charge in [0.05, 0.1) is 18.4 Å². The zero-order chi connectivity index (χ0) is 16.8. The van der Waals surface area contributed by atoms with E-state index >= 15 is 0 Å². The van der Waals surface area contributed by atoms with Crippen LogP contribution in [0.25, 0.3) is 0 Å². The lowest BCUT2D eigenvalue weighted by atomic mass is 10.2. The van der Waals surface area contributed by atoms with E-state index in [9.17, 15) is 9.90 Å². The van der Waals surface area contributed by atoms with Gasteiger partial charge in [0.15, 0.2) is 0 Å². The summed E-state index contributed by atoms with van der Waals surface area (Å²) in [6, 6.07) is 10.5. The number of carbonyl (C=O) groups excluding carboxylic acids is 1. The number of para-hydroxylation sites is 1. The van der Waals surface area contributed by atoms with Gasteiger partial charge in [0.25, 0.3) is 5.91 Å². The molecule has 8 heteroatoms. The average Bonchev–Trinajstić information content (AvgIpc) is 2.48. The van der Waals surface area contributed by atoms with E-state index in [2.05, 4.69) is 63.6 Å². The highest BCUT2D eigenvalue weighted by Gasteiger charge is 2.08. The SMILES string of the molecule is O=C(CNc1c(Br)cc(Br)cc1Br)N/N=C/c1ccccc1O. The highest BCUT2D eigenvalue weighted by Crippen LogP contribution is 2.34. The van der Waals surface area contributed by atoms with Gasteiger partial charge >= 0.3 is 0 Å². The monoisotopic (exact) mass is 503 g/mol. The van der Waals surface area contributed by atoms with Crippen molar-refractivity contribution in [2.45, 2.75) is 0 Å². The molecular formula is C15H12Br3N3O2. The summed E-state index contributed by atoms with van der Waals surface area (Å²) in [5.74, 6) is -0.204. The second kappa shape index (κ2) is 8.47. The number of nitrogens with zero attached hydrogens (tertiary/aromatic N) is 1. The van der Waals surface area contributed by atoms with E-state index in [0.717, 1.165) is 19.1 Å². The number of hydrogen-bond acceptors (Lipinski definition) is 4. The number of aromatic hydroxyl groups is 1. The molecule has 120 valence electrons. The molecule has 3 N–H and O–H groups in total. The van der Waals surface area contributed by atoms with Crippen molar-refractivity contribution in [3.05, 3.63) is 55.4 Å². The summed E-state index contributed by atoms with van der Waals surface area (Å²) < 4.78 is 2.56. The normalized spacial score (nSPS) is 10.7. The molecule has 0 saturated carbocycles. The van der Waals surface area contributed by atoms with E-state index in [4.69, 9.17) is 0 Å². The van der Waals surface area contributed by atoms with E-state index in [0.29, 0.717) is 5.56 Å². The van der Waals surface area contributed by atoms with Crippen LogP contribution in [0.3, 0.4) is 0 Å². The number of phenolic OH excluding ortho intramolecular Hbond substituents is 1. The van der Waals surface area contributed by atoms with Gasteiger partial charge in [0.1, 0.15) is 5.75 Å². The molecule has 2 aromatic rings. The Morgan fingerprint density at radius 1 is 1.17 bits per heavy atom. The van der Waals surface area contributed by atoms with Crippen molar-refractivity contribution in [1.29, 1.82) is 0 Å². The predicted octanol–water partition coefficient (Wildman–Crippen LogP) is 4.24. The number of hydrogen-bond donors (Lipinski definition) is 3. The van der Waals surface area contributed by atoms with Gasteiger partial charge in [-0.05, 0) is 56.1 Å². The summed E-state index contributed by atoms with van der Waals surface area (Å²) in [4.78, 5) is 11.8. The van der Waals surface area contributed by atoms with Crippen LogP contribution in [0.4, 0.5) is 5.69 Å². The fraction of sp³-hybridized carbons (Fsp3) is 0.0667. The van der Waals surface area contributed by atoms with Gasteiger partial charge < -0.3 is 10.4 Å². The second-order valence-electron chi connectivity index (χ2n) is 4.45. The van der Waals surface area contributed by atoms with Crippen LogP contribution >= 0.6 is 47.8 Å². The molecule has 2 aromatic carbocycles. The van der Waals surface area contributed by atoms with Crippen LogP contribution in [0, 0.1) is 0 Å². The summed E-state index contributed by atoms with van der Waals surface area (Å²) in [5.41, 5.74) is 3.69. The highest BCUT2D eigenvalue weighted by molar-refractivity contribution is 9.11.